The predicted octanol–water partition coefficient (Wildman–Crippen LogP) is 5.19. The Kier molecular flexibility index (Phi) is 7.27. The lowest BCUT2D eigenvalue weighted by atomic mass is 10.1. The second kappa shape index (κ2) is 9.89. The molecule has 4 heteroatoms. The van der Waals surface area contributed by atoms with Crippen LogP contribution in [0.1, 0.15) is 60.0 Å². The smallest absolute Gasteiger partial charge is 0.251 e. The Bertz CT molecular complexity index is 689. The Hall–Kier alpha value is -1.65. The minimum atomic E-state index is 0.0614. The molecule has 0 saturated heterocycles. The number of halogens is 1. The molecular formula is C22H27BrN2O. The maximum atomic E-state index is 12.4. The van der Waals surface area contributed by atoms with Crippen molar-refractivity contribution in [2.45, 2.75) is 57.7 Å². The fourth-order valence-electron chi connectivity index (χ4n) is 3.42. The van der Waals surface area contributed by atoms with Crippen LogP contribution in [0.25, 0.3) is 0 Å². The molecule has 0 aromatic heterocycles. The highest BCUT2D eigenvalue weighted by atomic mass is 79.9. The molecule has 3 nitrogen and oxygen atoms in total. The zero-order chi connectivity index (χ0) is 18.2. The molecular weight excluding hydrogens is 388 g/mol. The number of benzene rings is 2. The van der Waals surface area contributed by atoms with E-state index in [2.05, 4.69) is 50.8 Å². The third kappa shape index (κ3) is 5.96. The Morgan fingerprint density at radius 3 is 1.96 bits per heavy atom. The van der Waals surface area contributed by atoms with Crippen LogP contribution in [-0.4, -0.2) is 11.9 Å². The first-order valence-electron chi connectivity index (χ1n) is 9.56. The van der Waals surface area contributed by atoms with E-state index in [-0.39, 0.29) is 5.91 Å². The van der Waals surface area contributed by atoms with E-state index in [1.807, 2.05) is 24.3 Å². The summed E-state index contributed by atoms with van der Waals surface area (Å²) in [4.78, 5) is 12.4. The fourth-order valence-corrected chi connectivity index (χ4v) is 3.68. The Morgan fingerprint density at radius 1 is 0.846 bits per heavy atom. The highest BCUT2D eigenvalue weighted by molar-refractivity contribution is 9.10. The summed E-state index contributed by atoms with van der Waals surface area (Å²) in [5.41, 5.74) is 3.20. The third-order valence-corrected chi connectivity index (χ3v) is 5.51. The van der Waals surface area contributed by atoms with Gasteiger partial charge >= 0.3 is 0 Å². The molecule has 1 aliphatic carbocycles. The minimum Gasteiger partial charge on any atom is -0.349 e. The lowest BCUT2D eigenvalue weighted by Gasteiger charge is -2.16. The van der Waals surface area contributed by atoms with Crippen LogP contribution >= 0.6 is 15.9 Å². The van der Waals surface area contributed by atoms with Crippen molar-refractivity contribution in [1.82, 2.24) is 10.6 Å². The van der Waals surface area contributed by atoms with Gasteiger partial charge in [-0.15, -0.1) is 0 Å². The number of carbonyl (C=O) groups excluding carboxylic acids is 1. The van der Waals surface area contributed by atoms with Crippen LogP contribution in [0.5, 0.6) is 0 Å². The van der Waals surface area contributed by atoms with Crippen molar-refractivity contribution in [3.8, 4) is 0 Å². The first-order valence-corrected chi connectivity index (χ1v) is 10.3. The Labute approximate surface area is 164 Å². The van der Waals surface area contributed by atoms with Gasteiger partial charge in [0.25, 0.3) is 5.91 Å². The van der Waals surface area contributed by atoms with Gasteiger partial charge < -0.3 is 10.6 Å². The van der Waals surface area contributed by atoms with E-state index >= 15 is 0 Å². The summed E-state index contributed by atoms with van der Waals surface area (Å²) in [5.74, 6) is 0.0614. The van der Waals surface area contributed by atoms with Gasteiger partial charge in [0.1, 0.15) is 0 Å². The number of hydrogen-bond acceptors (Lipinski definition) is 2. The maximum absolute atomic E-state index is 12.4. The standard InChI is InChI=1S/C22H27BrN2O/c23-20-13-9-18(10-14-20)16-24-15-17-7-11-19(12-8-17)22(26)25-21-5-3-1-2-4-6-21/h7-14,21,24H,1-6,15-16H2,(H,25,26). The highest BCUT2D eigenvalue weighted by Gasteiger charge is 2.15. The summed E-state index contributed by atoms with van der Waals surface area (Å²) in [6, 6.07) is 16.6. The van der Waals surface area contributed by atoms with Gasteiger partial charge in [0, 0.05) is 29.2 Å². The van der Waals surface area contributed by atoms with E-state index in [9.17, 15) is 4.79 Å². The largest absolute Gasteiger partial charge is 0.349 e. The van der Waals surface area contributed by atoms with E-state index in [0.29, 0.717) is 6.04 Å². The first-order chi connectivity index (χ1) is 12.7. The van der Waals surface area contributed by atoms with Crippen LogP contribution in [0.4, 0.5) is 0 Å². The highest BCUT2D eigenvalue weighted by Crippen LogP contribution is 2.18. The van der Waals surface area contributed by atoms with Gasteiger partial charge in [-0.25, -0.2) is 0 Å². The van der Waals surface area contributed by atoms with E-state index in [1.54, 1.807) is 0 Å². The van der Waals surface area contributed by atoms with Crippen LogP contribution in [-0.2, 0) is 13.1 Å². The molecule has 0 bridgehead atoms. The summed E-state index contributed by atoms with van der Waals surface area (Å²) in [5, 5.41) is 6.65. The van der Waals surface area contributed by atoms with E-state index in [4.69, 9.17) is 0 Å². The molecule has 1 fully saturated rings. The topological polar surface area (TPSA) is 41.1 Å². The normalized spacial score (nSPS) is 15.4. The number of amides is 1. The molecule has 2 aromatic carbocycles. The summed E-state index contributed by atoms with van der Waals surface area (Å²) in [6.45, 7) is 1.62. The fraction of sp³-hybridized carbons (Fsp3) is 0.409. The second-order valence-corrected chi connectivity index (χ2v) is 8.00. The average molecular weight is 415 g/mol. The quantitative estimate of drug-likeness (QED) is 0.638. The first kappa shape index (κ1) is 19.1. The average Bonchev–Trinajstić information content (AvgIpc) is 2.92. The van der Waals surface area contributed by atoms with Crippen molar-refractivity contribution in [3.63, 3.8) is 0 Å². The van der Waals surface area contributed by atoms with E-state index in [0.717, 1.165) is 36.0 Å². The zero-order valence-electron chi connectivity index (χ0n) is 15.1. The Morgan fingerprint density at radius 2 is 1.38 bits per heavy atom. The van der Waals surface area contributed by atoms with E-state index in [1.165, 1.54) is 36.8 Å². The number of rotatable bonds is 6. The van der Waals surface area contributed by atoms with Crippen molar-refractivity contribution in [1.29, 1.82) is 0 Å². The van der Waals surface area contributed by atoms with Crippen LogP contribution in [0.15, 0.2) is 53.0 Å². The monoisotopic (exact) mass is 414 g/mol. The minimum absolute atomic E-state index is 0.0614. The van der Waals surface area contributed by atoms with Gasteiger partial charge in [0.05, 0.1) is 0 Å². The molecule has 0 spiro atoms. The van der Waals surface area contributed by atoms with Gasteiger partial charge in [-0.2, -0.15) is 0 Å². The molecule has 2 aromatic rings. The molecule has 1 saturated carbocycles. The molecule has 0 unspecified atom stereocenters. The predicted molar refractivity (Wildman–Crippen MR) is 110 cm³/mol. The van der Waals surface area contributed by atoms with Gasteiger partial charge in [0.15, 0.2) is 0 Å². The van der Waals surface area contributed by atoms with Gasteiger partial charge in [-0.05, 0) is 48.2 Å². The zero-order valence-corrected chi connectivity index (χ0v) is 16.7. The SMILES string of the molecule is O=C(NC1CCCCCC1)c1ccc(CNCc2ccc(Br)cc2)cc1. The van der Waals surface area contributed by atoms with Gasteiger partial charge in [-0.1, -0.05) is 65.9 Å². The van der Waals surface area contributed by atoms with Crippen LogP contribution < -0.4 is 10.6 Å². The molecule has 0 atom stereocenters. The molecule has 26 heavy (non-hydrogen) atoms. The van der Waals surface area contributed by atoms with Crippen molar-refractivity contribution >= 4 is 21.8 Å². The summed E-state index contributed by atoms with van der Waals surface area (Å²) < 4.78 is 1.10. The van der Waals surface area contributed by atoms with Crippen LogP contribution in [0, 0.1) is 0 Å². The lowest BCUT2D eigenvalue weighted by molar-refractivity contribution is 0.0933. The number of nitrogens with one attached hydrogen (secondary N) is 2. The van der Waals surface area contributed by atoms with Crippen molar-refractivity contribution in [2.75, 3.05) is 0 Å². The van der Waals surface area contributed by atoms with Crippen LogP contribution in [0.2, 0.25) is 0 Å². The van der Waals surface area contributed by atoms with Crippen LogP contribution in [0.3, 0.4) is 0 Å². The van der Waals surface area contributed by atoms with Crippen molar-refractivity contribution in [3.05, 3.63) is 69.7 Å². The molecule has 0 heterocycles. The lowest BCUT2D eigenvalue weighted by Crippen LogP contribution is -2.34. The van der Waals surface area contributed by atoms with Crippen molar-refractivity contribution in [2.24, 2.45) is 0 Å². The molecule has 138 valence electrons. The van der Waals surface area contributed by atoms with E-state index < -0.39 is 0 Å². The Balaban J connectivity index is 1.46. The summed E-state index contributed by atoms with van der Waals surface area (Å²) in [7, 11) is 0. The number of hydrogen-bond donors (Lipinski definition) is 2. The molecule has 2 N–H and O–H groups in total. The summed E-state index contributed by atoms with van der Waals surface area (Å²) in [6.07, 6.45) is 7.29. The number of carbonyl (C=O) groups is 1. The molecule has 1 aliphatic rings. The van der Waals surface area contributed by atoms with Crippen molar-refractivity contribution < 1.29 is 4.79 Å². The second-order valence-electron chi connectivity index (χ2n) is 7.09. The summed E-state index contributed by atoms with van der Waals surface area (Å²) >= 11 is 3.45. The van der Waals surface area contributed by atoms with Gasteiger partial charge in [-0.3, -0.25) is 4.79 Å². The molecule has 3 rings (SSSR count). The van der Waals surface area contributed by atoms with Gasteiger partial charge in [0.2, 0.25) is 0 Å². The molecule has 0 radical (unpaired) electrons. The third-order valence-electron chi connectivity index (χ3n) is 4.98. The molecule has 0 aliphatic heterocycles. The molecule has 1 amide bonds. The maximum Gasteiger partial charge on any atom is 0.251 e.